The predicted molar refractivity (Wildman–Crippen MR) is 85.2 cm³/mol. The van der Waals surface area contributed by atoms with Crippen LogP contribution in [0.5, 0.6) is 5.75 Å². The number of rotatable bonds is 5. The second-order valence-electron chi connectivity index (χ2n) is 5.23. The molecule has 1 aromatic heterocycles. The van der Waals surface area contributed by atoms with Crippen LogP contribution in [0.25, 0.3) is 0 Å². The Kier molecular flexibility index (Phi) is 4.87. The molecule has 3 rings (SSSR count). The summed E-state index contributed by atoms with van der Waals surface area (Å²) < 4.78 is 15.6. The maximum absolute atomic E-state index is 5.75. The molecule has 2 aromatic rings. The Morgan fingerprint density at radius 3 is 2.68 bits per heavy atom. The first-order valence-corrected chi connectivity index (χ1v) is 7.75. The van der Waals surface area contributed by atoms with Gasteiger partial charge in [-0.05, 0) is 24.4 Å². The number of nitrogens with zero attached hydrogens (tertiary/aromatic N) is 4. The van der Waals surface area contributed by atoms with Crippen molar-refractivity contribution in [3.05, 3.63) is 40.9 Å². The van der Waals surface area contributed by atoms with Gasteiger partial charge in [-0.3, -0.25) is 4.90 Å². The van der Waals surface area contributed by atoms with Crippen molar-refractivity contribution in [2.75, 3.05) is 26.3 Å². The van der Waals surface area contributed by atoms with Crippen molar-refractivity contribution in [2.24, 2.45) is 7.05 Å². The molecular weight excluding hydrogens is 300 g/mol. The highest BCUT2D eigenvalue weighted by Crippen LogP contribution is 2.11. The van der Waals surface area contributed by atoms with Crippen LogP contribution in [0.4, 0.5) is 0 Å². The third-order valence-electron chi connectivity index (χ3n) is 3.68. The zero-order valence-electron chi connectivity index (χ0n) is 12.6. The van der Waals surface area contributed by atoms with Crippen LogP contribution in [-0.4, -0.2) is 45.6 Å². The molecule has 22 heavy (non-hydrogen) atoms. The standard InChI is InChI=1S/C15H20N4O2S/c1-17-14(11-21-13-5-3-2-4-6-13)16-19(15(17)22)12-18-7-9-20-10-8-18/h2-6H,7-12H2,1H3. The molecule has 1 aliphatic heterocycles. The van der Waals surface area contributed by atoms with E-state index in [1.54, 1.807) is 0 Å². The van der Waals surface area contributed by atoms with Crippen molar-refractivity contribution < 1.29 is 9.47 Å². The summed E-state index contributed by atoms with van der Waals surface area (Å²) in [5, 5.41) is 4.59. The molecule has 0 unspecified atom stereocenters. The Bertz CT molecular complexity index is 662. The fraction of sp³-hybridized carbons (Fsp3) is 0.467. The molecule has 0 amide bonds. The summed E-state index contributed by atoms with van der Waals surface area (Å²) >= 11 is 5.46. The largest absolute Gasteiger partial charge is 0.486 e. The minimum Gasteiger partial charge on any atom is -0.486 e. The molecule has 0 aliphatic carbocycles. The van der Waals surface area contributed by atoms with Crippen molar-refractivity contribution >= 4 is 12.2 Å². The van der Waals surface area contributed by atoms with Crippen LogP contribution < -0.4 is 4.74 Å². The first-order chi connectivity index (χ1) is 10.7. The molecule has 0 N–H and O–H groups in total. The fourth-order valence-corrected chi connectivity index (χ4v) is 2.55. The van der Waals surface area contributed by atoms with Crippen LogP contribution in [-0.2, 0) is 25.1 Å². The number of ether oxygens (including phenoxy) is 2. The van der Waals surface area contributed by atoms with Gasteiger partial charge in [-0.25, -0.2) is 4.68 Å². The van der Waals surface area contributed by atoms with Gasteiger partial charge < -0.3 is 14.0 Å². The molecule has 0 atom stereocenters. The lowest BCUT2D eigenvalue weighted by Gasteiger charge is -2.26. The van der Waals surface area contributed by atoms with E-state index in [2.05, 4.69) is 10.00 Å². The van der Waals surface area contributed by atoms with E-state index in [0.717, 1.165) is 37.9 Å². The number of hydrogen-bond acceptors (Lipinski definition) is 5. The Morgan fingerprint density at radius 1 is 1.23 bits per heavy atom. The van der Waals surface area contributed by atoms with E-state index in [0.29, 0.717) is 18.0 Å². The van der Waals surface area contributed by atoms with E-state index in [1.165, 1.54) is 0 Å². The molecule has 0 spiro atoms. The van der Waals surface area contributed by atoms with Crippen molar-refractivity contribution in [1.29, 1.82) is 0 Å². The van der Waals surface area contributed by atoms with Crippen LogP contribution in [0.15, 0.2) is 30.3 Å². The van der Waals surface area contributed by atoms with Gasteiger partial charge in [0.25, 0.3) is 0 Å². The minimum atomic E-state index is 0.403. The van der Waals surface area contributed by atoms with Crippen molar-refractivity contribution in [1.82, 2.24) is 19.2 Å². The highest BCUT2D eigenvalue weighted by molar-refractivity contribution is 7.71. The summed E-state index contributed by atoms with van der Waals surface area (Å²) in [5.41, 5.74) is 0. The highest BCUT2D eigenvalue weighted by atomic mass is 32.1. The van der Waals surface area contributed by atoms with Gasteiger partial charge in [-0.2, -0.15) is 5.10 Å². The number of benzene rings is 1. The molecule has 0 bridgehead atoms. The van der Waals surface area contributed by atoms with Gasteiger partial charge >= 0.3 is 0 Å². The Morgan fingerprint density at radius 2 is 1.95 bits per heavy atom. The van der Waals surface area contributed by atoms with Crippen LogP contribution in [0.2, 0.25) is 0 Å². The second-order valence-corrected chi connectivity index (χ2v) is 5.60. The van der Waals surface area contributed by atoms with Crippen LogP contribution in [0, 0.1) is 4.77 Å². The smallest absolute Gasteiger partial charge is 0.198 e. The van der Waals surface area contributed by atoms with Gasteiger partial charge in [0, 0.05) is 20.1 Å². The SMILES string of the molecule is Cn1c(COc2ccccc2)nn(CN2CCOCC2)c1=S. The van der Waals surface area contributed by atoms with Crippen LogP contribution in [0.1, 0.15) is 5.82 Å². The molecule has 1 saturated heterocycles. The van der Waals surface area contributed by atoms with E-state index in [9.17, 15) is 0 Å². The van der Waals surface area contributed by atoms with Gasteiger partial charge in [-0.15, -0.1) is 0 Å². The number of morpholine rings is 1. The van der Waals surface area contributed by atoms with Gasteiger partial charge in [0.15, 0.2) is 10.6 Å². The minimum absolute atomic E-state index is 0.403. The average Bonchev–Trinajstić information content (AvgIpc) is 2.83. The molecule has 1 aliphatic rings. The first kappa shape index (κ1) is 15.2. The average molecular weight is 320 g/mol. The lowest BCUT2D eigenvalue weighted by atomic mass is 10.3. The zero-order valence-corrected chi connectivity index (χ0v) is 13.5. The van der Waals surface area contributed by atoms with Crippen LogP contribution in [0.3, 0.4) is 0 Å². The number of aromatic nitrogens is 3. The fourth-order valence-electron chi connectivity index (χ4n) is 2.35. The van der Waals surface area contributed by atoms with E-state index in [4.69, 9.17) is 21.7 Å². The summed E-state index contributed by atoms with van der Waals surface area (Å²) in [7, 11) is 1.93. The Labute approximate surface area is 134 Å². The molecule has 0 saturated carbocycles. The summed E-state index contributed by atoms with van der Waals surface area (Å²) in [6.45, 7) is 4.46. The molecule has 0 radical (unpaired) electrons. The topological polar surface area (TPSA) is 44.5 Å². The predicted octanol–water partition coefficient (Wildman–Crippen LogP) is 1.82. The van der Waals surface area contributed by atoms with Crippen molar-refractivity contribution in [2.45, 2.75) is 13.3 Å². The third kappa shape index (κ3) is 3.55. The maximum Gasteiger partial charge on any atom is 0.198 e. The Balaban J connectivity index is 1.67. The van der Waals surface area contributed by atoms with Crippen LogP contribution >= 0.6 is 12.2 Å². The molecule has 1 aromatic carbocycles. The quantitative estimate of drug-likeness (QED) is 0.786. The summed E-state index contributed by atoms with van der Waals surface area (Å²) in [6.07, 6.45) is 0. The van der Waals surface area contributed by atoms with Crippen molar-refractivity contribution in [3.8, 4) is 5.75 Å². The molecule has 2 heterocycles. The molecule has 7 heteroatoms. The molecular formula is C15H20N4O2S. The van der Waals surface area contributed by atoms with Gasteiger partial charge in [0.1, 0.15) is 12.4 Å². The first-order valence-electron chi connectivity index (χ1n) is 7.35. The maximum atomic E-state index is 5.75. The Hall–Kier alpha value is -1.70. The van der Waals surface area contributed by atoms with E-state index in [-0.39, 0.29) is 0 Å². The van der Waals surface area contributed by atoms with E-state index < -0.39 is 0 Å². The summed E-state index contributed by atoms with van der Waals surface area (Å²) in [6, 6.07) is 9.72. The normalized spacial score (nSPS) is 15.9. The van der Waals surface area contributed by atoms with Crippen molar-refractivity contribution in [3.63, 3.8) is 0 Å². The van der Waals surface area contributed by atoms with Gasteiger partial charge in [0.2, 0.25) is 0 Å². The lowest BCUT2D eigenvalue weighted by molar-refractivity contribution is 0.0208. The zero-order chi connectivity index (χ0) is 15.4. The number of hydrogen-bond donors (Lipinski definition) is 0. The van der Waals surface area contributed by atoms with E-state index in [1.807, 2.05) is 46.6 Å². The van der Waals surface area contributed by atoms with Gasteiger partial charge in [0.05, 0.1) is 19.9 Å². The molecule has 6 nitrogen and oxygen atoms in total. The molecule has 1 fully saturated rings. The second kappa shape index (κ2) is 7.04. The third-order valence-corrected chi connectivity index (χ3v) is 4.16. The van der Waals surface area contributed by atoms with Gasteiger partial charge in [-0.1, -0.05) is 18.2 Å². The highest BCUT2D eigenvalue weighted by Gasteiger charge is 2.14. The number of para-hydroxylation sites is 1. The monoisotopic (exact) mass is 320 g/mol. The van der Waals surface area contributed by atoms with E-state index >= 15 is 0 Å². The summed E-state index contributed by atoms with van der Waals surface area (Å²) in [5.74, 6) is 1.65. The summed E-state index contributed by atoms with van der Waals surface area (Å²) in [4.78, 5) is 2.29. The molecule has 118 valence electrons. The lowest BCUT2D eigenvalue weighted by Crippen LogP contribution is -2.37.